The second-order valence-corrected chi connectivity index (χ2v) is 8.34. The number of nitrogens with one attached hydrogen (secondary N) is 1. The van der Waals surface area contributed by atoms with Crippen LogP contribution in [-0.2, 0) is 28.4 Å². The van der Waals surface area contributed by atoms with Crippen LogP contribution in [0.1, 0.15) is 11.5 Å². The first-order valence-corrected chi connectivity index (χ1v) is 11.5. The molecule has 7 nitrogen and oxygen atoms in total. The second-order valence-electron chi connectivity index (χ2n) is 6.62. The van der Waals surface area contributed by atoms with E-state index in [0.717, 1.165) is 61.2 Å². The van der Waals surface area contributed by atoms with Gasteiger partial charge in [0.2, 0.25) is 5.91 Å². The molecule has 0 unspecified atom stereocenters. The van der Waals surface area contributed by atoms with E-state index in [1.165, 1.54) is 11.3 Å². The van der Waals surface area contributed by atoms with Crippen molar-refractivity contribution in [3.63, 3.8) is 0 Å². The zero-order valence-corrected chi connectivity index (χ0v) is 17.4. The van der Waals surface area contributed by atoms with Gasteiger partial charge in [-0.1, -0.05) is 12.1 Å². The molecule has 0 radical (unpaired) electrons. The minimum atomic E-state index is -0.0854. The van der Waals surface area contributed by atoms with Crippen LogP contribution in [0.2, 0.25) is 0 Å². The van der Waals surface area contributed by atoms with E-state index in [-0.39, 0.29) is 12.5 Å². The van der Waals surface area contributed by atoms with E-state index >= 15 is 0 Å². The molecule has 1 aliphatic rings. The lowest BCUT2D eigenvalue weighted by Gasteiger charge is -2.25. The Morgan fingerprint density at radius 3 is 2.93 bits per heavy atom. The number of imidazole rings is 1. The Labute approximate surface area is 172 Å². The average molecular weight is 418 g/mol. The minimum absolute atomic E-state index is 0.0854. The van der Waals surface area contributed by atoms with Gasteiger partial charge in [-0.3, -0.25) is 9.69 Å². The molecule has 2 aromatic heterocycles. The quantitative estimate of drug-likeness (QED) is 0.637. The molecule has 4 rings (SSSR count). The zero-order chi connectivity index (χ0) is 19.3. The molecule has 1 saturated heterocycles. The van der Waals surface area contributed by atoms with Crippen molar-refractivity contribution >= 4 is 45.2 Å². The summed E-state index contributed by atoms with van der Waals surface area (Å²) >= 11 is 3.16. The van der Waals surface area contributed by atoms with E-state index in [1.807, 2.05) is 40.5 Å². The number of ether oxygens (including phenoxy) is 1. The average Bonchev–Trinajstić information content (AvgIpc) is 3.27. The van der Waals surface area contributed by atoms with Crippen LogP contribution in [0.5, 0.6) is 0 Å². The van der Waals surface area contributed by atoms with Gasteiger partial charge in [0.25, 0.3) is 0 Å². The van der Waals surface area contributed by atoms with Crippen LogP contribution in [-0.4, -0.2) is 57.9 Å². The number of morpholine rings is 1. The lowest BCUT2D eigenvalue weighted by Crippen LogP contribution is -2.35. The summed E-state index contributed by atoms with van der Waals surface area (Å²) in [7, 11) is 0. The SMILES string of the molecule is CSCc1nc2ccccc2n1CC(=O)Nc1nc(CN2CCOCC2)cs1. The number of nitrogens with zero attached hydrogens (tertiary/aromatic N) is 4. The number of fused-ring (bicyclic) bond motifs is 1. The summed E-state index contributed by atoms with van der Waals surface area (Å²) in [6.07, 6.45) is 2.04. The van der Waals surface area contributed by atoms with E-state index in [2.05, 4.69) is 20.2 Å². The Kier molecular flexibility index (Phi) is 6.26. The van der Waals surface area contributed by atoms with Crippen LogP contribution in [0.4, 0.5) is 5.13 Å². The smallest absolute Gasteiger partial charge is 0.246 e. The highest BCUT2D eigenvalue weighted by Gasteiger charge is 2.16. The van der Waals surface area contributed by atoms with Crippen molar-refractivity contribution in [2.75, 3.05) is 37.9 Å². The largest absolute Gasteiger partial charge is 0.379 e. The number of amides is 1. The Morgan fingerprint density at radius 1 is 1.29 bits per heavy atom. The molecule has 9 heteroatoms. The number of carbonyl (C=O) groups is 1. The molecule has 0 saturated carbocycles. The Morgan fingerprint density at radius 2 is 2.11 bits per heavy atom. The van der Waals surface area contributed by atoms with Gasteiger partial charge in [0.15, 0.2) is 5.13 Å². The van der Waals surface area contributed by atoms with Crippen LogP contribution in [0, 0.1) is 0 Å². The lowest BCUT2D eigenvalue weighted by molar-refractivity contribution is -0.116. The first kappa shape index (κ1) is 19.4. The molecule has 28 heavy (non-hydrogen) atoms. The third-order valence-corrected chi connectivity index (χ3v) is 5.95. The van der Waals surface area contributed by atoms with Gasteiger partial charge in [-0.15, -0.1) is 11.3 Å². The standard InChI is InChI=1S/C19H23N5O2S2/c1-27-13-17-21-15-4-2-3-5-16(15)24(17)11-18(25)22-19-20-14(12-28-19)10-23-6-8-26-9-7-23/h2-5,12H,6-11,13H2,1H3,(H,20,22,25). The number of rotatable bonds is 7. The van der Waals surface area contributed by atoms with Gasteiger partial charge < -0.3 is 14.6 Å². The fourth-order valence-corrected chi connectivity index (χ4v) is 4.47. The van der Waals surface area contributed by atoms with Crippen LogP contribution >= 0.6 is 23.1 Å². The Bertz CT molecular complexity index is 949. The highest BCUT2D eigenvalue weighted by Crippen LogP contribution is 2.20. The maximum absolute atomic E-state index is 12.7. The molecule has 1 fully saturated rings. The van der Waals surface area contributed by atoms with Gasteiger partial charge in [-0.25, -0.2) is 9.97 Å². The van der Waals surface area contributed by atoms with E-state index in [0.29, 0.717) is 5.13 Å². The van der Waals surface area contributed by atoms with Crippen molar-refractivity contribution in [3.8, 4) is 0 Å². The summed E-state index contributed by atoms with van der Waals surface area (Å²) in [6.45, 7) is 4.40. The highest BCUT2D eigenvalue weighted by atomic mass is 32.2. The Hall–Kier alpha value is -1.94. The van der Waals surface area contributed by atoms with Gasteiger partial charge in [-0.05, 0) is 18.4 Å². The second kappa shape index (κ2) is 9.04. The molecular formula is C19H23N5O2S2. The molecule has 0 atom stereocenters. The highest BCUT2D eigenvalue weighted by molar-refractivity contribution is 7.97. The molecule has 0 aliphatic carbocycles. The summed E-state index contributed by atoms with van der Waals surface area (Å²) in [5, 5.41) is 5.60. The van der Waals surface area contributed by atoms with E-state index < -0.39 is 0 Å². The van der Waals surface area contributed by atoms with Crippen molar-refractivity contribution in [3.05, 3.63) is 41.2 Å². The van der Waals surface area contributed by atoms with Crippen LogP contribution in [0.3, 0.4) is 0 Å². The molecule has 148 valence electrons. The predicted octanol–water partition coefficient (Wildman–Crippen LogP) is 2.83. The minimum Gasteiger partial charge on any atom is -0.379 e. The number of anilines is 1. The van der Waals surface area contributed by atoms with Gasteiger partial charge in [0.1, 0.15) is 12.4 Å². The van der Waals surface area contributed by atoms with Crippen molar-refractivity contribution in [1.82, 2.24) is 19.4 Å². The first-order valence-electron chi connectivity index (χ1n) is 9.20. The molecule has 1 N–H and O–H groups in total. The van der Waals surface area contributed by atoms with Crippen LogP contribution in [0.15, 0.2) is 29.6 Å². The normalized spacial score (nSPS) is 15.2. The number of thiazole rings is 1. The summed E-state index contributed by atoms with van der Waals surface area (Å²) in [4.78, 5) is 24.2. The molecular weight excluding hydrogens is 394 g/mol. The van der Waals surface area contributed by atoms with Crippen LogP contribution < -0.4 is 5.32 Å². The third-order valence-electron chi connectivity index (χ3n) is 4.60. The van der Waals surface area contributed by atoms with Crippen molar-refractivity contribution in [2.45, 2.75) is 18.8 Å². The lowest BCUT2D eigenvalue weighted by atomic mass is 10.3. The number of thioether (sulfide) groups is 1. The van der Waals surface area contributed by atoms with Crippen molar-refractivity contribution < 1.29 is 9.53 Å². The van der Waals surface area contributed by atoms with Crippen LogP contribution in [0.25, 0.3) is 11.0 Å². The number of benzene rings is 1. The fraction of sp³-hybridized carbons (Fsp3) is 0.421. The summed E-state index contributed by atoms with van der Waals surface area (Å²) < 4.78 is 7.37. The van der Waals surface area contributed by atoms with Gasteiger partial charge in [-0.2, -0.15) is 11.8 Å². The monoisotopic (exact) mass is 417 g/mol. The molecule has 3 heterocycles. The number of aromatic nitrogens is 3. The zero-order valence-electron chi connectivity index (χ0n) is 15.8. The fourth-order valence-electron chi connectivity index (χ4n) is 3.27. The molecule has 1 aromatic carbocycles. The topological polar surface area (TPSA) is 72.3 Å². The van der Waals surface area contributed by atoms with Crippen molar-refractivity contribution in [1.29, 1.82) is 0 Å². The van der Waals surface area contributed by atoms with E-state index in [9.17, 15) is 4.79 Å². The molecule has 1 amide bonds. The summed E-state index contributed by atoms with van der Waals surface area (Å²) in [6, 6.07) is 7.92. The van der Waals surface area contributed by atoms with E-state index in [1.54, 1.807) is 11.8 Å². The maximum atomic E-state index is 12.7. The molecule has 3 aromatic rings. The number of hydrogen-bond acceptors (Lipinski definition) is 7. The summed E-state index contributed by atoms with van der Waals surface area (Å²) in [5.41, 5.74) is 2.88. The number of carbonyl (C=O) groups excluding carboxylic acids is 1. The molecule has 0 bridgehead atoms. The Balaban J connectivity index is 1.42. The molecule has 0 spiro atoms. The van der Waals surface area contributed by atoms with Gasteiger partial charge >= 0.3 is 0 Å². The van der Waals surface area contributed by atoms with Gasteiger partial charge in [0, 0.05) is 25.0 Å². The third kappa shape index (κ3) is 4.54. The first-order chi connectivity index (χ1) is 13.7. The van der Waals surface area contributed by atoms with Crippen molar-refractivity contribution in [2.24, 2.45) is 0 Å². The number of hydrogen-bond donors (Lipinski definition) is 1. The predicted molar refractivity (Wildman–Crippen MR) is 114 cm³/mol. The summed E-state index contributed by atoms with van der Waals surface area (Å²) in [5.74, 6) is 1.59. The molecule has 1 aliphatic heterocycles. The van der Waals surface area contributed by atoms with Gasteiger partial charge in [0.05, 0.1) is 35.7 Å². The maximum Gasteiger partial charge on any atom is 0.246 e. The van der Waals surface area contributed by atoms with E-state index in [4.69, 9.17) is 4.74 Å². The number of para-hydroxylation sites is 2.